The van der Waals surface area contributed by atoms with Crippen molar-refractivity contribution in [1.29, 1.82) is 0 Å². The Hall–Kier alpha value is -1.32. The standard InChI is InChI=1S/C38H74N2O2/c1-5-7-9-11-13-15-17-18-20-21-23-25-27-32-37(41)39-34-30-29-31-36(35(3)4)40-38(42)33-28-26-24-22-19-16-14-12-10-8-6-2/h12,14,35-36H,5-11,13,15-34H2,1-4H3,(H,39,41)(H,40,42)/b14-12-/t36-/m0/s1. The number of hydrogen-bond donors (Lipinski definition) is 2. The van der Waals surface area contributed by atoms with Crippen molar-refractivity contribution in [2.75, 3.05) is 6.54 Å². The van der Waals surface area contributed by atoms with E-state index in [0.29, 0.717) is 18.8 Å². The highest BCUT2D eigenvalue weighted by atomic mass is 16.2. The fourth-order valence-electron chi connectivity index (χ4n) is 5.60. The van der Waals surface area contributed by atoms with Crippen LogP contribution >= 0.6 is 0 Å². The van der Waals surface area contributed by atoms with E-state index in [-0.39, 0.29) is 17.9 Å². The topological polar surface area (TPSA) is 58.2 Å². The third-order valence-corrected chi connectivity index (χ3v) is 8.59. The van der Waals surface area contributed by atoms with Gasteiger partial charge in [-0.15, -0.1) is 0 Å². The molecule has 0 fully saturated rings. The maximum absolute atomic E-state index is 12.5. The molecule has 0 aliphatic rings. The first-order valence-electron chi connectivity index (χ1n) is 18.7. The lowest BCUT2D eigenvalue weighted by atomic mass is 9.98. The van der Waals surface area contributed by atoms with Gasteiger partial charge in [-0.05, 0) is 57.3 Å². The van der Waals surface area contributed by atoms with Crippen LogP contribution in [-0.4, -0.2) is 24.4 Å². The molecule has 0 radical (unpaired) electrons. The third-order valence-electron chi connectivity index (χ3n) is 8.59. The van der Waals surface area contributed by atoms with Gasteiger partial charge in [-0.3, -0.25) is 9.59 Å². The molecule has 0 saturated heterocycles. The lowest BCUT2D eigenvalue weighted by Gasteiger charge is -2.22. The number of allylic oxidation sites excluding steroid dienone is 2. The quantitative estimate of drug-likeness (QED) is 0.0604. The van der Waals surface area contributed by atoms with Crippen LogP contribution in [0.25, 0.3) is 0 Å². The molecular formula is C38H74N2O2. The van der Waals surface area contributed by atoms with E-state index in [0.717, 1.165) is 45.1 Å². The van der Waals surface area contributed by atoms with Crippen molar-refractivity contribution in [1.82, 2.24) is 10.6 Å². The predicted molar refractivity (Wildman–Crippen MR) is 185 cm³/mol. The molecule has 0 rings (SSSR count). The summed E-state index contributed by atoms with van der Waals surface area (Å²) >= 11 is 0. The number of hydrogen-bond acceptors (Lipinski definition) is 2. The van der Waals surface area contributed by atoms with Crippen molar-refractivity contribution >= 4 is 11.8 Å². The molecule has 0 bridgehead atoms. The fraction of sp³-hybridized carbons (Fsp3) is 0.895. The number of carbonyl (C=O) groups excluding carboxylic acids is 2. The summed E-state index contributed by atoms with van der Waals surface area (Å²) in [5.41, 5.74) is 0. The highest BCUT2D eigenvalue weighted by Gasteiger charge is 2.15. The summed E-state index contributed by atoms with van der Waals surface area (Å²) in [6.07, 6.45) is 37.2. The molecule has 0 aromatic heterocycles. The van der Waals surface area contributed by atoms with Crippen molar-refractivity contribution in [3.05, 3.63) is 12.2 Å². The minimum absolute atomic E-state index is 0.204. The van der Waals surface area contributed by atoms with Crippen LogP contribution in [0.3, 0.4) is 0 Å². The molecule has 2 amide bonds. The van der Waals surface area contributed by atoms with Crippen LogP contribution in [0.4, 0.5) is 0 Å². The number of unbranched alkanes of at least 4 members (excludes halogenated alkanes) is 20. The van der Waals surface area contributed by atoms with Gasteiger partial charge in [0.2, 0.25) is 11.8 Å². The molecule has 0 aliphatic heterocycles. The van der Waals surface area contributed by atoms with Crippen molar-refractivity contribution in [2.24, 2.45) is 5.92 Å². The summed E-state index contributed by atoms with van der Waals surface area (Å²) in [6.45, 7) is 9.66. The summed E-state index contributed by atoms with van der Waals surface area (Å²) in [6, 6.07) is 0.235. The second-order valence-electron chi connectivity index (χ2n) is 13.2. The summed E-state index contributed by atoms with van der Waals surface area (Å²) < 4.78 is 0. The molecule has 1 atom stereocenters. The number of rotatable bonds is 32. The number of nitrogens with one attached hydrogen (secondary N) is 2. The maximum atomic E-state index is 12.5. The van der Waals surface area contributed by atoms with Gasteiger partial charge in [0.25, 0.3) is 0 Å². The fourth-order valence-corrected chi connectivity index (χ4v) is 5.60. The van der Waals surface area contributed by atoms with Gasteiger partial charge in [-0.1, -0.05) is 149 Å². The molecule has 0 unspecified atom stereocenters. The molecule has 42 heavy (non-hydrogen) atoms. The zero-order valence-electron chi connectivity index (χ0n) is 28.9. The highest BCUT2D eigenvalue weighted by Crippen LogP contribution is 2.14. The molecule has 4 heteroatoms. The van der Waals surface area contributed by atoms with Gasteiger partial charge >= 0.3 is 0 Å². The van der Waals surface area contributed by atoms with Gasteiger partial charge in [-0.2, -0.15) is 0 Å². The van der Waals surface area contributed by atoms with E-state index in [9.17, 15) is 9.59 Å². The van der Waals surface area contributed by atoms with Crippen molar-refractivity contribution in [3.63, 3.8) is 0 Å². The lowest BCUT2D eigenvalue weighted by Crippen LogP contribution is -2.38. The van der Waals surface area contributed by atoms with Gasteiger partial charge < -0.3 is 10.6 Å². The molecule has 248 valence electrons. The van der Waals surface area contributed by atoms with E-state index >= 15 is 0 Å². The van der Waals surface area contributed by atoms with Gasteiger partial charge in [0, 0.05) is 25.4 Å². The number of amides is 2. The van der Waals surface area contributed by atoms with Crippen LogP contribution in [0.1, 0.15) is 201 Å². The molecular weight excluding hydrogens is 516 g/mol. The van der Waals surface area contributed by atoms with E-state index in [1.165, 1.54) is 122 Å². The summed E-state index contributed by atoms with van der Waals surface area (Å²) in [7, 11) is 0. The second kappa shape index (κ2) is 32.6. The highest BCUT2D eigenvalue weighted by molar-refractivity contribution is 5.76. The molecule has 0 saturated carbocycles. The summed E-state index contributed by atoms with van der Waals surface area (Å²) in [5.74, 6) is 0.846. The van der Waals surface area contributed by atoms with Crippen LogP contribution in [0, 0.1) is 5.92 Å². The van der Waals surface area contributed by atoms with Crippen LogP contribution < -0.4 is 10.6 Å². The first kappa shape index (κ1) is 40.7. The molecule has 0 spiro atoms. The molecule has 0 aromatic rings. The van der Waals surface area contributed by atoms with E-state index in [4.69, 9.17) is 0 Å². The van der Waals surface area contributed by atoms with Gasteiger partial charge in [0.1, 0.15) is 0 Å². The predicted octanol–water partition coefficient (Wildman–Crippen LogP) is 11.4. The first-order chi connectivity index (χ1) is 20.5. The van der Waals surface area contributed by atoms with Crippen molar-refractivity contribution in [3.8, 4) is 0 Å². The lowest BCUT2D eigenvalue weighted by molar-refractivity contribution is -0.122. The Balaban J connectivity index is 3.63. The molecule has 0 aliphatic carbocycles. The Kier molecular flexibility index (Phi) is 31.6. The van der Waals surface area contributed by atoms with Crippen LogP contribution in [0.5, 0.6) is 0 Å². The smallest absolute Gasteiger partial charge is 0.220 e. The zero-order valence-corrected chi connectivity index (χ0v) is 28.9. The van der Waals surface area contributed by atoms with Crippen molar-refractivity contribution < 1.29 is 9.59 Å². The van der Waals surface area contributed by atoms with E-state index in [2.05, 4.69) is 50.5 Å². The maximum Gasteiger partial charge on any atom is 0.220 e. The largest absolute Gasteiger partial charge is 0.356 e. The van der Waals surface area contributed by atoms with Crippen molar-refractivity contribution in [2.45, 2.75) is 207 Å². The minimum Gasteiger partial charge on any atom is -0.356 e. The van der Waals surface area contributed by atoms with Crippen LogP contribution in [-0.2, 0) is 9.59 Å². The van der Waals surface area contributed by atoms with Crippen LogP contribution in [0.15, 0.2) is 12.2 Å². The summed E-state index contributed by atoms with van der Waals surface area (Å²) in [5, 5.41) is 6.39. The SMILES string of the molecule is CCCC/C=C\CCCCCCCC(=O)N[C@@H](CCCCNC(=O)CCCCCCCCCCCCCCC)C(C)C. The second-order valence-corrected chi connectivity index (χ2v) is 13.2. The van der Waals surface area contributed by atoms with Crippen LogP contribution in [0.2, 0.25) is 0 Å². The first-order valence-corrected chi connectivity index (χ1v) is 18.7. The molecule has 0 heterocycles. The third kappa shape index (κ3) is 30.1. The van der Waals surface area contributed by atoms with E-state index in [1.807, 2.05) is 0 Å². The average Bonchev–Trinajstić information content (AvgIpc) is 2.97. The monoisotopic (exact) mass is 591 g/mol. The zero-order chi connectivity index (χ0) is 30.9. The van der Waals surface area contributed by atoms with Gasteiger partial charge in [0.05, 0.1) is 0 Å². The molecule has 0 aromatic carbocycles. The van der Waals surface area contributed by atoms with E-state index in [1.54, 1.807) is 0 Å². The van der Waals surface area contributed by atoms with E-state index < -0.39 is 0 Å². The average molecular weight is 591 g/mol. The minimum atomic E-state index is 0.204. The Bertz CT molecular complexity index is 616. The molecule has 2 N–H and O–H groups in total. The Morgan fingerprint density at radius 2 is 0.976 bits per heavy atom. The molecule has 4 nitrogen and oxygen atoms in total. The van der Waals surface area contributed by atoms with Gasteiger partial charge in [-0.25, -0.2) is 0 Å². The Morgan fingerprint density at radius 1 is 0.524 bits per heavy atom. The normalized spacial score (nSPS) is 12.3. The Labute approximate surface area is 263 Å². The van der Waals surface area contributed by atoms with Gasteiger partial charge in [0.15, 0.2) is 0 Å². The number of carbonyl (C=O) groups is 2. The summed E-state index contributed by atoms with van der Waals surface area (Å²) in [4.78, 5) is 24.7. The Morgan fingerprint density at radius 3 is 1.50 bits per heavy atom.